The molecule has 1 heterocycles. The molecule has 0 aromatic heterocycles. The number of benzene rings is 2. The number of allylic oxidation sites excluding steroid dienone is 2. The number of aliphatic hydroxyl groups excluding tert-OH is 1. The summed E-state index contributed by atoms with van der Waals surface area (Å²) in [5.74, 6) is -2.26. The Labute approximate surface area is 139 Å². The summed E-state index contributed by atoms with van der Waals surface area (Å²) in [6.07, 6.45) is 4.90. The molecule has 4 heteroatoms. The zero-order chi connectivity index (χ0) is 16.9. The highest BCUT2D eigenvalue weighted by Crippen LogP contribution is 2.28. The van der Waals surface area contributed by atoms with E-state index in [4.69, 9.17) is 4.74 Å². The van der Waals surface area contributed by atoms with Crippen molar-refractivity contribution in [3.63, 3.8) is 0 Å². The Kier molecular flexibility index (Phi) is 4.38. The number of ether oxygens (including phenoxy) is 1. The van der Waals surface area contributed by atoms with E-state index in [1.54, 1.807) is 42.5 Å². The molecule has 0 unspecified atom stereocenters. The van der Waals surface area contributed by atoms with Crippen LogP contribution in [0.15, 0.2) is 84.3 Å². The number of carbonyl (C=O) groups is 2. The van der Waals surface area contributed by atoms with Crippen molar-refractivity contribution in [1.29, 1.82) is 0 Å². The van der Waals surface area contributed by atoms with Gasteiger partial charge in [-0.1, -0.05) is 72.8 Å². The third-order valence-electron chi connectivity index (χ3n) is 3.48. The minimum Gasteiger partial charge on any atom is -0.504 e. The first-order chi connectivity index (χ1) is 11.7. The molecule has 0 fully saturated rings. The summed E-state index contributed by atoms with van der Waals surface area (Å²) in [6.45, 7) is 0. The molecule has 2 aromatic rings. The lowest BCUT2D eigenvalue weighted by atomic mass is 9.98. The molecule has 1 N–H and O–H groups in total. The van der Waals surface area contributed by atoms with Gasteiger partial charge in [0, 0.05) is 0 Å². The predicted molar refractivity (Wildman–Crippen MR) is 90.6 cm³/mol. The van der Waals surface area contributed by atoms with Gasteiger partial charge < -0.3 is 9.84 Å². The summed E-state index contributed by atoms with van der Waals surface area (Å²) >= 11 is 0. The zero-order valence-electron chi connectivity index (χ0n) is 12.7. The molecule has 0 saturated carbocycles. The number of aliphatic hydroxyl groups is 1. The Balaban J connectivity index is 1.97. The number of hydrogen-bond acceptors (Lipinski definition) is 4. The number of rotatable bonds is 3. The summed E-state index contributed by atoms with van der Waals surface area (Å²) in [5.41, 5.74) is 1.38. The van der Waals surface area contributed by atoms with E-state index in [0.717, 1.165) is 5.56 Å². The van der Waals surface area contributed by atoms with Gasteiger partial charge in [0.25, 0.3) is 5.78 Å². The second kappa shape index (κ2) is 6.79. The van der Waals surface area contributed by atoms with E-state index in [-0.39, 0.29) is 17.1 Å². The third kappa shape index (κ3) is 3.17. The monoisotopic (exact) mass is 318 g/mol. The van der Waals surface area contributed by atoms with E-state index in [0.29, 0.717) is 5.56 Å². The first kappa shape index (κ1) is 15.5. The Hall–Kier alpha value is -3.40. The van der Waals surface area contributed by atoms with E-state index in [9.17, 15) is 14.7 Å². The molecule has 4 nitrogen and oxygen atoms in total. The second-order valence-corrected chi connectivity index (χ2v) is 5.11. The van der Waals surface area contributed by atoms with Crippen LogP contribution in [0.1, 0.15) is 11.1 Å². The van der Waals surface area contributed by atoms with Gasteiger partial charge in [-0.15, -0.1) is 0 Å². The average Bonchev–Trinajstić information content (AvgIpc) is 2.61. The van der Waals surface area contributed by atoms with E-state index in [2.05, 4.69) is 0 Å². The van der Waals surface area contributed by atoms with Crippen LogP contribution in [0.5, 0.6) is 0 Å². The summed E-state index contributed by atoms with van der Waals surface area (Å²) in [4.78, 5) is 23.8. The van der Waals surface area contributed by atoms with Crippen LogP contribution in [-0.4, -0.2) is 16.9 Å². The van der Waals surface area contributed by atoms with Crippen LogP contribution in [-0.2, 0) is 14.3 Å². The first-order valence-electron chi connectivity index (χ1n) is 7.36. The van der Waals surface area contributed by atoms with Crippen LogP contribution in [0.25, 0.3) is 11.6 Å². The standard InChI is InChI=1S/C20H14O4/c21-18-16(13-7-10-14-8-3-1-4-9-14)24-20(23)19(22)17(18)15-11-5-2-6-12-15/h1-13,21H/b10-7+,16-13-. The molecule has 1 aliphatic rings. The average molecular weight is 318 g/mol. The Morgan fingerprint density at radius 2 is 1.50 bits per heavy atom. The van der Waals surface area contributed by atoms with Crippen molar-refractivity contribution in [3.05, 3.63) is 95.5 Å². The lowest BCUT2D eigenvalue weighted by molar-refractivity contribution is -0.149. The van der Waals surface area contributed by atoms with Crippen molar-refractivity contribution in [1.82, 2.24) is 0 Å². The SMILES string of the molecule is O=C1O/C(=C\C=C\c2ccccc2)C(O)=C(c2ccccc2)C1=O. The van der Waals surface area contributed by atoms with Gasteiger partial charge in [0.1, 0.15) is 0 Å². The van der Waals surface area contributed by atoms with Crippen molar-refractivity contribution in [2.75, 3.05) is 0 Å². The van der Waals surface area contributed by atoms with Crippen LogP contribution in [0.4, 0.5) is 0 Å². The molecule has 1 aliphatic heterocycles. The molecule has 0 bridgehead atoms. The fraction of sp³-hybridized carbons (Fsp3) is 0. The summed E-state index contributed by atoms with van der Waals surface area (Å²) in [6, 6.07) is 18.1. The first-order valence-corrected chi connectivity index (χ1v) is 7.36. The maximum Gasteiger partial charge on any atom is 0.385 e. The molecule has 0 saturated heterocycles. The summed E-state index contributed by atoms with van der Waals surface area (Å²) in [7, 11) is 0. The molecule has 0 spiro atoms. The van der Waals surface area contributed by atoms with E-state index in [1.165, 1.54) is 6.08 Å². The predicted octanol–water partition coefficient (Wildman–Crippen LogP) is 3.68. The zero-order valence-corrected chi connectivity index (χ0v) is 12.7. The molecule has 0 amide bonds. The largest absolute Gasteiger partial charge is 0.504 e. The van der Waals surface area contributed by atoms with E-state index in [1.807, 2.05) is 30.3 Å². The van der Waals surface area contributed by atoms with Crippen LogP contribution in [0, 0.1) is 0 Å². The lowest BCUT2D eigenvalue weighted by Crippen LogP contribution is -2.25. The van der Waals surface area contributed by atoms with Gasteiger partial charge in [-0.2, -0.15) is 0 Å². The second-order valence-electron chi connectivity index (χ2n) is 5.11. The highest BCUT2D eigenvalue weighted by atomic mass is 16.6. The maximum absolute atomic E-state index is 12.0. The molecular weight excluding hydrogens is 304 g/mol. The molecule has 118 valence electrons. The van der Waals surface area contributed by atoms with Gasteiger partial charge in [-0.3, -0.25) is 4.79 Å². The normalized spacial score (nSPS) is 16.8. The molecular formula is C20H14O4. The van der Waals surface area contributed by atoms with Crippen molar-refractivity contribution < 1.29 is 19.4 Å². The van der Waals surface area contributed by atoms with Crippen LogP contribution < -0.4 is 0 Å². The van der Waals surface area contributed by atoms with Gasteiger partial charge in [0.2, 0.25) is 0 Å². The van der Waals surface area contributed by atoms with Gasteiger partial charge in [-0.25, -0.2) is 4.79 Å². The lowest BCUT2D eigenvalue weighted by Gasteiger charge is -2.17. The van der Waals surface area contributed by atoms with Crippen molar-refractivity contribution in [2.45, 2.75) is 0 Å². The fourth-order valence-electron chi connectivity index (χ4n) is 2.32. The number of hydrogen-bond donors (Lipinski definition) is 1. The molecule has 0 atom stereocenters. The molecule has 24 heavy (non-hydrogen) atoms. The Bertz CT molecular complexity index is 859. The summed E-state index contributed by atoms with van der Waals surface area (Å²) in [5, 5.41) is 10.3. The third-order valence-corrected chi connectivity index (χ3v) is 3.48. The van der Waals surface area contributed by atoms with Crippen molar-refractivity contribution in [3.8, 4) is 0 Å². The number of cyclic esters (lactones) is 1. The Morgan fingerprint density at radius 3 is 2.17 bits per heavy atom. The Morgan fingerprint density at radius 1 is 0.875 bits per heavy atom. The highest BCUT2D eigenvalue weighted by molar-refractivity contribution is 6.53. The van der Waals surface area contributed by atoms with E-state index < -0.39 is 11.8 Å². The molecule has 3 rings (SSSR count). The van der Waals surface area contributed by atoms with Crippen molar-refractivity contribution in [2.24, 2.45) is 0 Å². The van der Waals surface area contributed by atoms with Gasteiger partial charge in [0.15, 0.2) is 11.5 Å². The molecule has 0 radical (unpaired) electrons. The fourth-order valence-corrected chi connectivity index (χ4v) is 2.32. The molecule has 0 aliphatic carbocycles. The number of ketones is 1. The maximum atomic E-state index is 12.0. The van der Waals surface area contributed by atoms with Gasteiger partial charge >= 0.3 is 5.97 Å². The smallest absolute Gasteiger partial charge is 0.385 e. The van der Waals surface area contributed by atoms with Gasteiger partial charge in [-0.05, 0) is 17.2 Å². The topological polar surface area (TPSA) is 63.6 Å². The van der Waals surface area contributed by atoms with Crippen LogP contribution in [0.3, 0.4) is 0 Å². The van der Waals surface area contributed by atoms with Crippen LogP contribution >= 0.6 is 0 Å². The summed E-state index contributed by atoms with van der Waals surface area (Å²) < 4.78 is 4.91. The number of esters is 1. The number of carbonyl (C=O) groups excluding carboxylic acids is 2. The van der Waals surface area contributed by atoms with Crippen molar-refractivity contribution >= 4 is 23.4 Å². The van der Waals surface area contributed by atoms with Crippen LogP contribution in [0.2, 0.25) is 0 Å². The van der Waals surface area contributed by atoms with E-state index >= 15 is 0 Å². The van der Waals surface area contributed by atoms with Gasteiger partial charge in [0.05, 0.1) is 5.57 Å². The minimum absolute atomic E-state index is 0.0498. The minimum atomic E-state index is -1.01. The molecule has 2 aromatic carbocycles. The number of Topliss-reactive ketones (excluding diaryl/α,β-unsaturated/α-hetero) is 1. The quantitative estimate of drug-likeness (QED) is 0.692. The highest BCUT2D eigenvalue weighted by Gasteiger charge is 2.33.